The third-order valence-electron chi connectivity index (χ3n) is 9.57. The highest BCUT2D eigenvalue weighted by Crippen LogP contribution is 2.78. The van der Waals surface area contributed by atoms with E-state index in [-0.39, 0.29) is 11.9 Å². The van der Waals surface area contributed by atoms with Crippen LogP contribution in [-0.2, 0) is 9.22 Å². The second kappa shape index (κ2) is 13.9. The van der Waals surface area contributed by atoms with Crippen LogP contribution in [0.1, 0.15) is 108 Å². The Balaban J connectivity index is 1.69. The summed E-state index contributed by atoms with van der Waals surface area (Å²) in [6, 6.07) is 10.6. The summed E-state index contributed by atoms with van der Waals surface area (Å²) in [5, 5.41) is 0. The van der Waals surface area contributed by atoms with E-state index in [0.29, 0.717) is 0 Å². The average molecular weight is 542 g/mol. The van der Waals surface area contributed by atoms with Crippen LogP contribution in [0, 0.1) is 5.92 Å². The van der Waals surface area contributed by atoms with Crippen molar-refractivity contribution in [3.05, 3.63) is 42.0 Å². The Morgan fingerprint density at radius 1 is 0.811 bits per heavy atom. The Kier molecular flexibility index (Phi) is 10.9. The van der Waals surface area contributed by atoms with Gasteiger partial charge in [-0.1, -0.05) is 61.7 Å². The molecule has 0 heterocycles. The maximum atomic E-state index is 13.9. The third kappa shape index (κ3) is 8.04. The van der Waals surface area contributed by atoms with Crippen molar-refractivity contribution in [3.63, 3.8) is 0 Å². The lowest BCUT2D eigenvalue weighted by molar-refractivity contribution is -0.138. The molecular weight excluding hydrogens is 487 g/mol. The molecule has 206 valence electrons. The van der Waals surface area contributed by atoms with Crippen molar-refractivity contribution in [2.24, 2.45) is 5.92 Å². The molecule has 0 spiro atoms. The molecule has 1 unspecified atom stereocenters. The Morgan fingerprint density at radius 2 is 1.27 bits per heavy atom. The Labute approximate surface area is 229 Å². The van der Waals surface area contributed by atoms with Crippen LogP contribution in [0.25, 0.3) is 6.08 Å². The molecule has 0 saturated heterocycles. The lowest BCUT2D eigenvalue weighted by atomic mass is 9.98. The fraction of sp³-hybridized carbons (Fsp3) is 0.727. The zero-order chi connectivity index (χ0) is 26.1. The number of hydrogen-bond donors (Lipinski definition) is 0. The van der Waals surface area contributed by atoms with E-state index in [1.54, 1.807) is 0 Å². The molecule has 1 aromatic carbocycles. The van der Waals surface area contributed by atoms with E-state index in [2.05, 4.69) is 62.1 Å². The fourth-order valence-corrected chi connectivity index (χ4v) is 16.5. The molecule has 37 heavy (non-hydrogen) atoms. The molecular formula is C33H54O2PSi+. The first kappa shape index (κ1) is 29.1. The Hall–Kier alpha value is -0.923. The summed E-state index contributed by atoms with van der Waals surface area (Å²) in [5.41, 5.74) is 3.96. The van der Waals surface area contributed by atoms with Crippen LogP contribution in [0.3, 0.4) is 0 Å². The second-order valence-corrected chi connectivity index (χ2v) is 22.3. The standard InChI is InChI=1S/C33H54O2PSi/c1-37(2,3)35-33(34)29(20-16-19-28-17-8-4-9-18-28)27-36(30-21-10-5-11-22-30,31-23-12-6-13-24-31)32-25-14-7-15-26-32/h4,8-9,16-19,29-32H,5-7,10-15,20-27H2,1-3H3/q+1/b19-16+. The number of carbonyl (C=O) groups excluding carboxylic acids is 1. The highest BCUT2D eigenvalue weighted by molar-refractivity contribution is 7.78. The van der Waals surface area contributed by atoms with Gasteiger partial charge in [-0.15, -0.1) is 0 Å². The molecule has 0 aliphatic heterocycles. The van der Waals surface area contributed by atoms with Crippen LogP contribution in [0.5, 0.6) is 0 Å². The molecule has 4 rings (SSSR count). The maximum Gasteiger partial charge on any atom is 0.299 e. The quantitative estimate of drug-likeness (QED) is 0.217. The summed E-state index contributed by atoms with van der Waals surface area (Å²) in [7, 11) is -3.27. The van der Waals surface area contributed by atoms with Crippen LogP contribution >= 0.6 is 7.26 Å². The minimum Gasteiger partial charge on any atom is -0.520 e. The molecule has 3 aliphatic carbocycles. The molecule has 3 fully saturated rings. The second-order valence-electron chi connectivity index (χ2n) is 13.3. The van der Waals surface area contributed by atoms with E-state index < -0.39 is 15.6 Å². The number of allylic oxidation sites excluding steroid dienone is 1. The van der Waals surface area contributed by atoms with Crippen LogP contribution in [0.2, 0.25) is 19.6 Å². The largest absolute Gasteiger partial charge is 0.520 e. The molecule has 3 saturated carbocycles. The molecule has 0 N–H and O–H groups in total. The van der Waals surface area contributed by atoms with Gasteiger partial charge in [-0.05, 0) is 109 Å². The van der Waals surface area contributed by atoms with Gasteiger partial charge in [-0.3, -0.25) is 4.79 Å². The van der Waals surface area contributed by atoms with E-state index in [9.17, 15) is 4.79 Å². The van der Waals surface area contributed by atoms with Crippen molar-refractivity contribution in [1.82, 2.24) is 0 Å². The van der Waals surface area contributed by atoms with E-state index >= 15 is 0 Å². The van der Waals surface area contributed by atoms with Gasteiger partial charge in [0.1, 0.15) is 0 Å². The maximum absolute atomic E-state index is 13.9. The SMILES string of the molecule is C[Si](C)(C)OC(=O)C(C/C=C/c1ccccc1)C[P+](C1CCCCC1)(C1CCCCC1)C1CCCCC1. The number of carbonyl (C=O) groups is 1. The smallest absolute Gasteiger partial charge is 0.299 e. The fourth-order valence-electron chi connectivity index (χ4n) is 7.97. The minimum absolute atomic E-state index is 0.0331. The van der Waals surface area contributed by atoms with Gasteiger partial charge in [0.2, 0.25) is 8.32 Å². The summed E-state index contributed by atoms with van der Waals surface area (Å²) in [6.45, 7) is 6.52. The van der Waals surface area contributed by atoms with Crippen LogP contribution < -0.4 is 0 Å². The van der Waals surface area contributed by atoms with Gasteiger partial charge in [-0.2, -0.15) is 0 Å². The monoisotopic (exact) mass is 541 g/mol. The zero-order valence-electron chi connectivity index (χ0n) is 24.1. The molecule has 1 aromatic rings. The third-order valence-corrected chi connectivity index (χ3v) is 17.1. The first-order chi connectivity index (χ1) is 17.9. The first-order valence-corrected chi connectivity index (χ1v) is 21.3. The molecule has 0 amide bonds. The van der Waals surface area contributed by atoms with Crippen molar-refractivity contribution < 1.29 is 9.22 Å². The summed E-state index contributed by atoms with van der Waals surface area (Å²) in [6.07, 6.45) is 28.0. The molecule has 3 aliphatic rings. The van der Waals surface area contributed by atoms with Crippen molar-refractivity contribution >= 4 is 27.6 Å². The van der Waals surface area contributed by atoms with E-state index in [0.717, 1.165) is 23.4 Å². The molecule has 0 bridgehead atoms. The first-order valence-electron chi connectivity index (χ1n) is 15.7. The highest BCUT2D eigenvalue weighted by Gasteiger charge is 2.58. The van der Waals surface area contributed by atoms with Gasteiger partial charge in [0, 0.05) is 7.26 Å². The number of benzene rings is 1. The van der Waals surface area contributed by atoms with Crippen molar-refractivity contribution in [1.29, 1.82) is 0 Å². The summed E-state index contributed by atoms with van der Waals surface area (Å²) >= 11 is 0. The van der Waals surface area contributed by atoms with Gasteiger partial charge < -0.3 is 4.43 Å². The van der Waals surface area contributed by atoms with Gasteiger partial charge in [0.15, 0.2) is 0 Å². The van der Waals surface area contributed by atoms with Gasteiger partial charge in [-0.25, -0.2) is 0 Å². The molecule has 4 heteroatoms. The minimum atomic E-state index is -1.94. The number of hydrogen-bond acceptors (Lipinski definition) is 2. The van der Waals surface area contributed by atoms with E-state index in [1.807, 2.05) is 0 Å². The Bertz CT molecular complexity index is 797. The van der Waals surface area contributed by atoms with Crippen molar-refractivity contribution in [2.45, 2.75) is 139 Å². The van der Waals surface area contributed by atoms with Gasteiger partial charge >= 0.3 is 0 Å². The van der Waals surface area contributed by atoms with Gasteiger partial charge in [0.25, 0.3) is 5.97 Å². The lowest BCUT2D eigenvalue weighted by Crippen LogP contribution is -2.41. The summed E-state index contributed by atoms with van der Waals surface area (Å²) in [5.74, 6) is 0.162. The summed E-state index contributed by atoms with van der Waals surface area (Å²) < 4.78 is 6.29. The van der Waals surface area contributed by atoms with Crippen molar-refractivity contribution in [2.75, 3.05) is 6.16 Å². The molecule has 0 radical (unpaired) electrons. The normalized spacial score (nSPS) is 22.2. The van der Waals surface area contributed by atoms with E-state index in [1.165, 1.54) is 108 Å². The topological polar surface area (TPSA) is 26.3 Å². The zero-order valence-corrected chi connectivity index (χ0v) is 26.0. The van der Waals surface area contributed by atoms with Crippen LogP contribution in [0.15, 0.2) is 36.4 Å². The van der Waals surface area contributed by atoms with E-state index in [4.69, 9.17) is 4.43 Å². The van der Waals surface area contributed by atoms with Crippen LogP contribution in [0.4, 0.5) is 0 Å². The number of rotatable bonds is 10. The van der Waals surface area contributed by atoms with Crippen molar-refractivity contribution in [3.8, 4) is 0 Å². The lowest BCUT2D eigenvalue weighted by Gasteiger charge is -2.50. The molecule has 0 aromatic heterocycles. The molecule has 2 nitrogen and oxygen atoms in total. The molecule has 1 atom stereocenters. The summed E-state index contributed by atoms with van der Waals surface area (Å²) in [4.78, 5) is 13.9. The van der Waals surface area contributed by atoms with Gasteiger partial charge in [0.05, 0.1) is 29.1 Å². The predicted octanol–water partition coefficient (Wildman–Crippen LogP) is 10.1. The average Bonchev–Trinajstić information content (AvgIpc) is 2.92. The predicted molar refractivity (Wildman–Crippen MR) is 165 cm³/mol. The van der Waals surface area contributed by atoms with Crippen LogP contribution in [-0.4, -0.2) is 37.4 Å². The highest BCUT2D eigenvalue weighted by atomic mass is 31.2. The Morgan fingerprint density at radius 3 is 1.70 bits per heavy atom.